The normalized spacial score (nSPS) is 19.2. The van der Waals surface area contributed by atoms with Crippen LogP contribution in [0.25, 0.3) is 11.0 Å². The Bertz CT molecular complexity index is 1200. The van der Waals surface area contributed by atoms with Gasteiger partial charge in [0.1, 0.15) is 17.2 Å². The zero-order valence-corrected chi connectivity index (χ0v) is 19.0. The number of amides is 2. The highest BCUT2D eigenvalue weighted by Gasteiger charge is 2.29. The first-order valence-electron chi connectivity index (χ1n) is 11.5. The van der Waals surface area contributed by atoms with Crippen LogP contribution in [0.5, 0.6) is 0 Å². The molecule has 8 nitrogen and oxygen atoms in total. The van der Waals surface area contributed by atoms with E-state index in [1.807, 2.05) is 43.0 Å². The van der Waals surface area contributed by atoms with Crippen LogP contribution in [0.4, 0.5) is 0 Å². The number of hydrogen-bond acceptors (Lipinski definition) is 6. The van der Waals surface area contributed by atoms with Crippen LogP contribution < -0.4 is 0 Å². The fourth-order valence-electron chi connectivity index (χ4n) is 4.69. The van der Waals surface area contributed by atoms with Gasteiger partial charge in [0.15, 0.2) is 0 Å². The van der Waals surface area contributed by atoms with Gasteiger partial charge in [-0.3, -0.25) is 9.59 Å². The second-order valence-electron chi connectivity index (χ2n) is 8.83. The molecule has 2 aliphatic rings. The van der Waals surface area contributed by atoms with E-state index in [-0.39, 0.29) is 17.7 Å². The Morgan fingerprint density at radius 1 is 1.03 bits per heavy atom. The first kappa shape index (κ1) is 21.6. The fraction of sp³-hybridized carbons (Fsp3) is 0.440. The van der Waals surface area contributed by atoms with Crippen LogP contribution in [0.2, 0.25) is 0 Å². The van der Waals surface area contributed by atoms with E-state index < -0.39 is 0 Å². The second kappa shape index (κ2) is 8.94. The molecule has 33 heavy (non-hydrogen) atoms. The van der Waals surface area contributed by atoms with Crippen molar-refractivity contribution in [3.05, 3.63) is 58.9 Å². The van der Waals surface area contributed by atoms with Crippen LogP contribution in [0, 0.1) is 13.8 Å². The summed E-state index contributed by atoms with van der Waals surface area (Å²) in [7, 11) is 0. The number of nitrogens with zero attached hydrogens (tertiary/aromatic N) is 4. The maximum absolute atomic E-state index is 13.2. The number of ether oxygens (including phenoxy) is 1. The Labute approximate surface area is 192 Å². The van der Waals surface area contributed by atoms with Crippen molar-refractivity contribution in [1.29, 1.82) is 0 Å². The van der Waals surface area contributed by atoms with E-state index in [9.17, 15) is 9.59 Å². The maximum atomic E-state index is 13.2. The van der Waals surface area contributed by atoms with Gasteiger partial charge in [0, 0.05) is 49.2 Å². The lowest BCUT2D eigenvalue weighted by molar-refractivity contribution is 0.0301. The standard InChI is InChI=1S/C25H28N4O4/c1-16-12-20-13-18(5-6-22(20)33-16)24(30)29-7-3-4-19(15-29)23-26-14-21(17(2)27-23)25(31)28-8-10-32-11-9-28/h5-6,12-14,19H,3-4,7-11,15H2,1-2H3/t19-/m0/s1. The minimum atomic E-state index is -0.0484. The van der Waals surface area contributed by atoms with Crippen molar-refractivity contribution in [2.45, 2.75) is 32.6 Å². The molecule has 2 fully saturated rings. The van der Waals surface area contributed by atoms with Crippen molar-refractivity contribution in [2.75, 3.05) is 39.4 Å². The molecule has 1 atom stereocenters. The number of fused-ring (bicyclic) bond motifs is 1. The molecule has 0 unspecified atom stereocenters. The van der Waals surface area contributed by atoms with Gasteiger partial charge in [-0.1, -0.05) is 0 Å². The van der Waals surface area contributed by atoms with Crippen molar-refractivity contribution >= 4 is 22.8 Å². The van der Waals surface area contributed by atoms with Crippen LogP contribution >= 0.6 is 0 Å². The van der Waals surface area contributed by atoms with Gasteiger partial charge < -0.3 is 19.0 Å². The van der Waals surface area contributed by atoms with Crippen LogP contribution in [0.1, 0.15) is 56.8 Å². The Morgan fingerprint density at radius 3 is 2.64 bits per heavy atom. The van der Waals surface area contributed by atoms with E-state index in [0.29, 0.717) is 62.0 Å². The van der Waals surface area contributed by atoms with Gasteiger partial charge in [0.05, 0.1) is 24.5 Å². The third-order valence-electron chi connectivity index (χ3n) is 6.49. The largest absolute Gasteiger partial charge is 0.461 e. The van der Waals surface area contributed by atoms with E-state index in [2.05, 4.69) is 9.97 Å². The topological polar surface area (TPSA) is 88.8 Å². The molecule has 1 aromatic carbocycles. The van der Waals surface area contributed by atoms with Crippen molar-refractivity contribution in [3.8, 4) is 0 Å². The number of benzene rings is 1. The zero-order chi connectivity index (χ0) is 22.9. The summed E-state index contributed by atoms with van der Waals surface area (Å²) in [5.41, 5.74) is 2.66. The van der Waals surface area contributed by atoms with E-state index >= 15 is 0 Å². The first-order valence-corrected chi connectivity index (χ1v) is 11.5. The smallest absolute Gasteiger partial charge is 0.257 e. The Hall–Kier alpha value is -3.26. The van der Waals surface area contributed by atoms with Crippen LogP contribution in [0.3, 0.4) is 0 Å². The van der Waals surface area contributed by atoms with Gasteiger partial charge in [-0.05, 0) is 51.0 Å². The monoisotopic (exact) mass is 448 g/mol. The average molecular weight is 449 g/mol. The van der Waals surface area contributed by atoms with Crippen LogP contribution in [-0.2, 0) is 4.74 Å². The van der Waals surface area contributed by atoms with Gasteiger partial charge in [-0.2, -0.15) is 0 Å². The molecule has 0 saturated carbocycles. The lowest BCUT2D eigenvalue weighted by Gasteiger charge is -2.32. The summed E-state index contributed by atoms with van der Waals surface area (Å²) in [5.74, 6) is 1.54. The molecule has 2 saturated heterocycles. The molecule has 0 N–H and O–H groups in total. The number of rotatable bonds is 3. The van der Waals surface area contributed by atoms with E-state index in [1.165, 1.54) is 0 Å². The number of carbonyl (C=O) groups is 2. The van der Waals surface area contributed by atoms with Gasteiger partial charge in [-0.25, -0.2) is 9.97 Å². The minimum Gasteiger partial charge on any atom is -0.461 e. The number of carbonyl (C=O) groups excluding carboxylic acids is 2. The van der Waals surface area contributed by atoms with Gasteiger partial charge >= 0.3 is 0 Å². The third-order valence-corrected chi connectivity index (χ3v) is 6.49. The van der Waals surface area contributed by atoms with E-state index in [1.54, 1.807) is 11.1 Å². The number of piperidine rings is 1. The summed E-state index contributed by atoms with van der Waals surface area (Å²) < 4.78 is 11.0. The van der Waals surface area contributed by atoms with Gasteiger partial charge in [0.2, 0.25) is 0 Å². The molecule has 172 valence electrons. The molecular formula is C25H28N4O4. The molecular weight excluding hydrogens is 420 g/mol. The summed E-state index contributed by atoms with van der Waals surface area (Å²) in [4.78, 5) is 38.9. The maximum Gasteiger partial charge on any atom is 0.257 e. The molecule has 4 heterocycles. The minimum absolute atomic E-state index is 0.0105. The summed E-state index contributed by atoms with van der Waals surface area (Å²) in [6, 6.07) is 7.52. The molecule has 2 amide bonds. The summed E-state index contributed by atoms with van der Waals surface area (Å²) >= 11 is 0. The highest BCUT2D eigenvalue weighted by Crippen LogP contribution is 2.27. The van der Waals surface area contributed by atoms with E-state index in [0.717, 1.165) is 29.6 Å². The fourth-order valence-corrected chi connectivity index (χ4v) is 4.69. The van der Waals surface area contributed by atoms with E-state index in [4.69, 9.17) is 9.15 Å². The Balaban J connectivity index is 1.31. The molecule has 5 rings (SSSR count). The highest BCUT2D eigenvalue weighted by molar-refractivity contribution is 5.98. The molecule has 0 spiro atoms. The predicted molar refractivity (Wildman–Crippen MR) is 122 cm³/mol. The predicted octanol–water partition coefficient (Wildman–Crippen LogP) is 3.33. The SMILES string of the molecule is Cc1cc2cc(C(=O)N3CCC[C@H](c4ncc(C(=O)N5CCOCC5)c(C)n4)C3)ccc2o1. The molecule has 2 aromatic heterocycles. The summed E-state index contributed by atoms with van der Waals surface area (Å²) in [5, 5.41) is 0.936. The molecule has 0 bridgehead atoms. The zero-order valence-electron chi connectivity index (χ0n) is 19.0. The molecule has 3 aromatic rings. The molecule has 2 aliphatic heterocycles. The van der Waals surface area contributed by atoms with Gasteiger partial charge in [-0.15, -0.1) is 0 Å². The van der Waals surface area contributed by atoms with Crippen molar-refractivity contribution in [1.82, 2.24) is 19.8 Å². The third kappa shape index (κ3) is 4.35. The highest BCUT2D eigenvalue weighted by atomic mass is 16.5. The van der Waals surface area contributed by atoms with Crippen molar-refractivity contribution in [2.24, 2.45) is 0 Å². The number of aromatic nitrogens is 2. The lowest BCUT2D eigenvalue weighted by atomic mass is 9.96. The molecule has 0 aliphatic carbocycles. The average Bonchev–Trinajstić information content (AvgIpc) is 3.23. The Morgan fingerprint density at radius 2 is 1.85 bits per heavy atom. The quantitative estimate of drug-likeness (QED) is 0.611. The van der Waals surface area contributed by atoms with Crippen LogP contribution in [-0.4, -0.2) is 71.0 Å². The number of aryl methyl sites for hydroxylation is 2. The molecule has 0 radical (unpaired) electrons. The number of furan rings is 1. The van der Waals surface area contributed by atoms with Crippen molar-refractivity contribution in [3.63, 3.8) is 0 Å². The Kier molecular flexibility index (Phi) is 5.85. The van der Waals surface area contributed by atoms with Crippen LogP contribution in [0.15, 0.2) is 34.9 Å². The lowest BCUT2D eigenvalue weighted by Crippen LogP contribution is -2.41. The number of morpholine rings is 1. The molecule has 8 heteroatoms. The number of likely N-dealkylation sites (tertiary alicyclic amines) is 1. The summed E-state index contributed by atoms with van der Waals surface area (Å²) in [6.07, 6.45) is 3.45. The van der Waals surface area contributed by atoms with Gasteiger partial charge in [0.25, 0.3) is 11.8 Å². The summed E-state index contributed by atoms with van der Waals surface area (Å²) in [6.45, 7) is 7.33. The number of hydrogen-bond donors (Lipinski definition) is 0. The first-order chi connectivity index (χ1) is 16.0. The van der Waals surface area contributed by atoms with Crippen molar-refractivity contribution < 1.29 is 18.7 Å². The second-order valence-corrected chi connectivity index (χ2v) is 8.83.